The van der Waals surface area contributed by atoms with Crippen molar-refractivity contribution in [1.82, 2.24) is 5.32 Å². The van der Waals surface area contributed by atoms with Crippen molar-refractivity contribution in [2.24, 2.45) is 0 Å². The third kappa shape index (κ3) is 6.02. The van der Waals surface area contributed by atoms with Gasteiger partial charge in [-0.15, -0.1) is 0 Å². The lowest BCUT2D eigenvalue weighted by molar-refractivity contribution is -0.0412. The van der Waals surface area contributed by atoms with Crippen LogP contribution in [0.25, 0.3) is 0 Å². The van der Waals surface area contributed by atoms with Gasteiger partial charge in [0.05, 0.1) is 0 Å². The van der Waals surface area contributed by atoms with Crippen LogP contribution in [-0.4, -0.2) is 25.7 Å². The quantitative estimate of drug-likeness (QED) is 0.593. The fraction of sp³-hybridized carbons (Fsp3) is 1.00. The van der Waals surface area contributed by atoms with Gasteiger partial charge < -0.3 is 9.47 Å². The van der Waals surface area contributed by atoms with Crippen molar-refractivity contribution in [3.05, 3.63) is 0 Å². The standard InChI is InChI=1S/C10H23NO2/c1-5-9(12-7-3)11-10(6-2)13-8-4/h9-11H,5-8H2,1-4H3. The second kappa shape index (κ2) is 8.48. The van der Waals surface area contributed by atoms with E-state index in [2.05, 4.69) is 19.2 Å². The summed E-state index contributed by atoms with van der Waals surface area (Å²) in [6.45, 7) is 9.71. The zero-order valence-electron chi connectivity index (χ0n) is 9.30. The van der Waals surface area contributed by atoms with Crippen molar-refractivity contribution in [3.8, 4) is 0 Å². The predicted octanol–water partition coefficient (Wildman–Crippen LogP) is 2.12. The van der Waals surface area contributed by atoms with E-state index in [0.29, 0.717) is 0 Å². The molecule has 3 heteroatoms. The molecule has 0 aromatic heterocycles. The van der Waals surface area contributed by atoms with Crippen LogP contribution in [-0.2, 0) is 9.47 Å². The first-order chi connectivity index (χ1) is 6.28. The van der Waals surface area contributed by atoms with Crippen molar-refractivity contribution in [3.63, 3.8) is 0 Å². The molecular formula is C10H23NO2. The highest BCUT2D eigenvalue weighted by atomic mass is 16.5. The van der Waals surface area contributed by atoms with E-state index in [9.17, 15) is 0 Å². The van der Waals surface area contributed by atoms with Crippen molar-refractivity contribution in [1.29, 1.82) is 0 Å². The predicted molar refractivity (Wildman–Crippen MR) is 54.5 cm³/mol. The summed E-state index contributed by atoms with van der Waals surface area (Å²) in [7, 11) is 0. The molecular weight excluding hydrogens is 166 g/mol. The van der Waals surface area contributed by atoms with Crippen molar-refractivity contribution < 1.29 is 9.47 Å². The molecule has 3 nitrogen and oxygen atoms in total. The summed E-state index contributed by atoms with van der Waals surface area (Å²) in [5, 5.41) is 3.31. The molecule has 0 fully saturated rings. The molecule has 0 aliphatic rings. The first-order valence-corrected chi connectivity index (χ1v) is 5.27. The van der Waals surface area contributed by atoms with Crippen LogP contribution in [0.3, 0.4) is 0 Å². The van der Waals surface area contributed by atoms with Crippen LogP contribution in [0.2, 0.25) is 0 Å². The van der Waals surface area contributed by atoms with Crippen LogP contribution in [0.1, 0.15) is 40.5 Å². The Balaban J connectivity index is 3.73. The average Bonchev–Trinajstić information content (AvgIpc) is 2.16. The zero-order chi connectivity index (χ0) is 10.1. The molecule has 0 aromatic rings. The van der Waals surface area contributed by atoms with E-state index in [4.69, 9.17) is 9.47 Å². The number of hydrogen-bond acceptors (Lipinski definition) is 3. The highest BCUT2D eigenvalue weighted by molar-refractivity contribution is 4.57. The molecule has 0 spiro atoms. The maximum absolute atomic E-state index is 5.48. The molecule has 0 saturated heterocycles. The molecule has 2 unspecified atom stereocenters. The lowest BCUT2D eigenvalue weighted by Crippen LogP contribution is -2.41. The van der Waals surface area contributed by atoms with Crippen molar-refractivity contribution >= 4 is 0 Å². The maximum atomic E-state index is 5.48. The summed E-state index contributed by atoms with van der Waals surface area (Å²) < 4.78 is 11.0. The molecule has 0 aliphatic carbocycles. The van der Waals surface area contributed by atoms with Gasteiger partial charge in [0.15, 0.2) is 0 Å². The van der Waals surface area contributed by atoms with Gasteiger partial charge in [-0.25, -0.2) is 0 Å². The van der Waals surface area contributed by atoms with Gasteiger partial charge in [0.2, 0.25) is 0 Å². The molecule has 0 saturated carbocycles. The van der Waals surface area contributed by atoms with E-state index in [0.717, 1.165) is 26.1 Å². The van der Waals surface area contributed by atoms with Gasteiger partial charge in [-0.2, -0.15) is 0 Å². The summed E-state index contributed by atoms with van der Waals surface area (Å²) >= 11 is 0. The van der Waals surface area contributed by atoms with Crippen LogP contribution in [0, 0.1) is 0 Å². The molecule has 2 atom stereocenters. The Morgan fingerprint density at radius 3 is 1.46 bits per heavy atom. The Kier molecular flexibility index (Phi) is 8.40. The van der Waals surface area contributed by atoms with E-state index in [1.165, 1.54) is 0 Å². The average molecular weight is 189 g/mol. The van der Waals surface area contributed by atoms with E-state index in [-0.39, 0.29) is 12.5 Å². The first-order valence-electron chi connectivity index (χ1n) is 5.27. The van der Waals surface area contributed by atoms with Gasteiger partial charge >= 0.3 is 0 Å². The molecule has 0 radical (unpaired) electrons. The van der Waals surface area contributed by atoms with Crippen LogP contribution in [0.4, 0.5) is 0 Å². The topological polar surface area (TPSA) is 30.5 Å². The highest BCUT2D eigenvalue weighted by Gasteiger charge is 2.11. The van der Waals surface area contributed by atoms with Crippen LogP contribution in [0.5, 0.6) is 0 Å². The van der Waals surface area contributed by atoms with Crippen LogP contribution in [0.15, 0.2) is 0 Å². The minimum absolute atomic E-state index is 0.126. The Morgan fingerprint density at radius 2 is 1.23 bits per heavy atom. The Labute approximate surface area is 81.8 Å². The smallest absolute Gasteiger partial charge is 0.109 e. The van der Waals surface area contributed by atoms with Gasteiger partial charge in [-0.1, -0.05) is 13.8 Å². The van der Waals surface area contributed by atoms with Crippen molar-refractivity contribution in [2.75, 3.05) is 13.2 Å². The van der Waals surface area contributed by atoms with Gasteiger partial charge in [0.25, 0.3) is 0 Å². The summed E-state index contributed by atoms with van der Waals surface area (Å²) in [4.78, 5) is 0. The summed E-state index contributed by atoms with van der Waals surface area (Å²) in [5.41, 5.74) is 0. The molecule has 0 rings (SSSR count). The number of ether oxygens (including phenoxy) is 2. The SMILES string of the molecule is CCOC(CC)NC(CC)OCC. The minimum Gasteiger partial charge on any atom is -0.364 e. The molecule has 1 N–H and O–H groups in total. The lowest BCUT2D eigenvalue weighted by atomic mass is 10.3. The Morgan fingerprint density at radius 1 is 0.846 bits per heavy atom. The van der Waals surface area contributed by atoms with Gasteiger partial charge in [0, 0.05) is 13.2 Å². The molecule has 0 amide bonds. The third-order valence-corrected chi connectivity index (χ3v) is 1.85. The van der Waals surface area contributed by atoms with Crippen molar-refractivity contribution in [2.45, 2.75) is 53.0 Å². The van der Waals surface area contributed by atoms with E-state index < -0.39 is 0 Å². The fourth-order valence-corrected chi connectivity index (χ4v) is 1.18. The second-order valence-corrected chi connectivity index (χ2v) is 2.87. The first kappa shape index (κ1) is 12.9. The summed E-state index contributed by atoms with van der Waals surface area (Å²) in [5.74, 6) is 0. The molecule has 0 bridgehead atoms. The Hall–Kier alpha value is -0.120. The number of nitrogens with one attached hydrogen (secondary N) is 1. The number of hydrogen-bond donors (Lipinski definition) is 1. The van der Waals surface area contributed by atoms with Crippen LogP contribution >= 0.6 is 0 Å². The van der Waals surface area contributed by atoms with E-state index in [1.54, 1.807) is 0 Å². The molecule has 13 heavy (non-hydrogen) atoms. The van der Waals surface area contributed by atoms with E-state index in [1.807, 2.05) is 13.8 Å². The molecule has 0 aliphatic heterocycles. The highest BCUT2D eigenvalue weighted by Crippen LogP contribution is 2.00. The fourth-order valence-electron chi connectivity index (χ4n) is 1.18. The zero-order valence-corrected chi connectivity index (χ0v) is 9.30. The summed E-state index contributed by atoms with van der Waals surface area (Å²) in [6.07, 6.45) is 2.19. The molecule has 80 valence electrons. The van der Waals surface area contributed by atoms with Crippen LogP contribution < -0.4 is 5.32 Å². The Bertz CT molecular complexity index is 97.1. The second-order valence-electron chi connectivity index (χ2n) is 2.87. The number of rotatable bonds is 8. The normalized spacial score (nSPS) is 15.7. The molecule has 0 heterocycles. The maximum Gasteiger partial charge on any atom is 0.109 e. The minimum atomic E-state index is 0.126. The third-order valence-electron chi connectivity index (χ3n) is 1.85. The largest absolute Gasteiger partial charge is 0.364 e. The van der Waals surface area contributed by atoms with E-state index >= 15 is 0 Å². The lowest BCUT2D eigenvalue weighted by Gasteiger charge is -2.23. The molecule has 0 aromatic carbocycles. The monoisotopic (exact) mass is 189 g/mol. The van der Waals surface area contributed by atoms with Gasteiger partial charge in [0.1, 0.15) is 12.5 Å². The van der Waals surface area contributed by atoms with Gasteiger partial charge in [-0.3, -0.25) is 5.32 Å². The summed E-state index contributed by atoms with van der Waals surface area (Å²) in [6, 6.07) is 0. The van der Waals surface area contributed by atoms with Gasteiger partial charge in [-0.05, 0) is 26.7 Å².